The first-order chi connectivity index (χ1) is 8.75. The van der Waals surface area contributed by atoms with E-state index in [-0.39, 0.29) is 23.3 Å². The number of esters is 1. The molecule has 0 spiro atoms. The zero-order valence-corrected chi connectivity index (χ0v) is 13.4. The van der Waals surface area contributed by atoms with Gasteiger partial charge in [0.25, 0.3) is 0 Å². The normalized spacial score (nSPS) is 13.6. The first-order valence-electron chi connectivity index (χ1n) is 6.52. The van der Waals surface area contributed by atoms with Crippen molar-refractivity contribution in [3.8, 4) is 0 Å². The Morgan fingerprint density at radius 1 is 1.47 bits per heavy atom. The number of thiazole rings is 1. The van der Waals surface area contributed by atoms with E-state index in [0.717, 1.165) is 9.88 Å². The molecule has 1 aromatic rings. The number of carbonyl (C=O) groups is 1. The van der Waals surface area contributed by atoms with Crippen LogP contribution in [0.15, 0.2) is 6.20 Å². The van der Waals surface area contributed by atoms with Gasteiger partial charge in [-0.05, 0) is 5.92 Å². The van der Waals surface area contributed by atoms with Gasteiger partial charge >= 0.3 is 5.97 Å². The average molecular weight is 284 g/mol. The summed E-state index contributed by atoms with van der Waals surface area (Å²) < 4.78 is 4.81. The third kappa shape index (κ3) is 4.58. The fraction of sp³-hybridized carbons (Fsp3) is 0.714. The summed E-state index contributed by atoms with van der Waals surface area (Å²) in [5, 5.41) is 4.36. The van der Waals surface area contributed by atoms with Gasteiger partial charge in [0.05, 0.1) is 12.1 Å². The zero-order valence-electron chi connectivity index (χ0n) is 12.6. The third-order valence-electron chi connectivity index (χ3n) is 2.81. The van der Waals surface area contributed by atoms with Gasteiger partial charge in [0.1, 0.15) is 6.04 Å². The summed E-state index contributed by atoms with van der Waals surface area (Å²) in [5.74, 6) is -0.0157. The summed E-state index contributed by atoms with van der Waals surface area (Å²) in [6, 6.07) is -0.273. The van der Waals surface area contributed by atoms with Crippen LogP contribution in [0.5, 0.6) is 0 Å². The molecular weight excluding hydrogens is 260 g/mol. The predicted molar refractivity (Wildman–Crippen MR) is 78.3 cm³/mol. The van der Waals surface area contributed by atoms with Gasteiger partial charge in [-0.15, -0.1) is 11.3 Å². The Bertz CT molecular complexity index is 421. The fourth-order valence-corrected chi connectivity index (χ4v) is 2.59. The summed E-state index contributed by atoms with van der Waals surface area (Å²) in [5.41, 5.74) is 0.0721. The molecule has 4 nitrogen and oxygen atoms in total. The van der Waals surface area contributed by atoms with Crippen molar-refractivity contribution in [2.75, 3.05) is 7.11 Å². The maximum atomic E-state index is 11.6. The monoisotopic (exact) mass is 284 g/mol. The molecule has 0 saturated carbocycles. The number of rotatable bonds is 5. The molecule has 1 atom stereocenters. The van der Waals surface area contributed by atoms with Crippen LogP contribution >= 0.6 is 11.3 Å². The van der Waals surface area contributed by atoms with Gasteiger partial charge in [-0.3, -0.25) is 10.1 Å². The van der Waals surface area contributed by atoms with Crippen molar-refractivity contribution in [2.45, 2.75) is 52.6 Å². The average Bonchev–Trinajstić information content (AvgIpc) is 2.76. The van der Waals surface area contributed by atoms with Gasteiger partial charge in [0.15, 0.2) is 0 Å². The lowest BCUT2D eigenvalue weighted by Gasteiger charge is -2.19. The van der Waals surface area contributed by atoms with E-state index in [2.05, 4.69) is 31.1 Å². The lowest BCUT2D eigenvalue weighted by atomic mass is 9.98. The molecule has 0 saturated heterocycles. The fourth-order valence-electron chi connectivity index (χ4n) is 1.66. The second kappa shape index (κ2) is 6.48. The Labute approximate surface area is 119 Å². The van der Waals surface area contributed by atoms with E-state index in [0.29, 0.717) is 6.54 Å². The molecule has 0 aliphatic rings. The van der Waals surface area contributed by atoms with Crippen molar-refractivity contribution in [2.24, 2.45) is 5.92 Å². The molecule has 5 heteroatoms. The lowest BCUT2D eigenvalue weighted by molar-refractivity contribution is -0.144. The van der Waals surface area contributed by atoms with Crippen molar-refractivity contribution < 1.29 is 9.53 Å². The maximum Gasteiger partial charge on any atom is 0.323 e. The highest BCUT2D eigenvalue weighted by Gasteiger charge is 2.23. The smallest absolute Gasteiger partial charge is 0.323 e. The van der Waals surface area contributed by atoms with Gasteiger partial charge in [0, 0.05) is 23.0 Å². The number of hydrogen-bond acceptors (Lipinski definition) is 5. The number of nitrogens with zero attached hydrogens (tertiary/aromatic N) is 1. The van der Waals surface area contributed by atoms with E-state index in [4.69, 9.17) is 4.74 Å². The number of carbonyl (C=O) groups excluding carboxylic acids is 1. The zero-order chi connectivity index (χ0) is 14.6. The van der Waals surface area contributed by atoms with E-state index < -0.39 is 0 Å². The van der Waals surface area contributed by atoms with Gasteiger partial charge in [-0.2, -0.15) is 0 Å². The summed E-state index contributed by atoms with van der Waals surface area (Å²) in [7, 11) is 1.42. The van der Waals surface area contributed by atoms with Gasteiger partial charge < -0.3 is 4.74 Å². The van der Waals surface area contributed by atoms with Crippen molar-refractivity contribution >= 4 is 17.3 Å². The molecule has 0 radical (unpaired) electrons. The Morgan fingerprint density at radius 3 is 2.53 bits per heavy atom. The van der Waals surface area contributed by atoms with Crippen molar-refractivity contribution in [1.29, 1.82) is 0 Å². The molecule has 0 amide bonds. The molecule has 1 unspecified atom stereocenters. The molecule has 1 heterocycles. The van der Waals surface area contributed by atoms with Gasteiger partial charge in [-0.25, -0.2) is 4.98 Å². The van der Waals surface area contributed by atoms with Crippen LogP contribution < -0.4 is 5.32 Å². The van der Waals surface area contributed by atoms with Gasteiger partial charge in [0.2, 0.25) is 0 Å². The van der Waals surface area contributed by atoms with Crippen LogP contribution in [0.25, 0.3) is 0 Å². The minimum absolute atomic E-state index is 0.0721. The maximum absolute atomic E-state index is 11.6. The largest absolute Gasteiger partial charge is 0.468 e. The first-order valence-corrected chi connectivity index (χ1v) is 7.33. The standard InChI is InChI=1S/C14H24N2O2S/c1-9(2)11(12(17)18-6)15-7-10-8-16-13(19-10)14(3,4)5/h8-9,11,15H,7H2,1-6H3. The molecule has 19 heavy (non-hydrogen) atoms. The summed E-state index contributed by atoms with van der Waals surface area (Å²) in [4.78, 5) is 17.2. The third-order valence-corrected chi connectivity index (χ3v) is 4.24. The van der Waals surface area contributed by atoms with E-state index in [1.165, 1.54) is 7.11 Å². The minimum Gasteiger partial charge on any atom is -0.468 e. The number of methoxy groups -OCH3 is 1. The van der Waals surface area contributed by atoms with Gasteiger partial charge in [-0.1, -0.05) is 34.6 Å². The molecule has 0 bridgehead atoms. The lowest BCUT2D eigenvalue weighted by Crippen LogP contribution is -2.41. The first kappa shape index (κ1) is 16.1. The van der Waals surface area contributed by atoms with Crippen molar-refractivity contribution in [3.05, 3.63) is 16.1 Å². The molecular formula is C14H24N2O2S. The van der Waals surface area contributed by atoms with Crippen LogP contribution in [0.3, 0.4) is 0 Å². The second-order valence-corrected chi connectivity index (χ2v) is 7.12. The Hall–Kier alpha value is -0.940. The van der Waals surface area contributed by atoms with Crippen LogP contribution in [0, 0.1) is 5.92 Å². The molecule has 0 aromatic carbocycles. The van der Waals surface area contributed by atoms with E-state index in [1.807, 2.05) is 20.0 Å². The molecule has 0 aliphatic carbocycles. The van der Waals surface area contributed by atoms with Crippen LogP contribution in [-0.4, -0.2) is 24.1 Å². The van der Waals surface area contributed by atoms with Crippen LogP contribution in [-0.2, 0) is 21.5 Å². The molecule has 1 N–H and O–H groups in total. The number of hydrogen-bond donors (Lipinski definition) is 1. The highest BCUT2D eigenvalue weighted by molar-refractivity contribution is 7.11. The molecule has 0 fully saturated rings. The SMILES string of the molecule is COC(=O)C(NCc1cnc(C(C)(C)C)s1)C(C)C. The van der Waals surface area contributed by atoms with Crippen LogP contribution in [0.2, 0.25) is 0 Å². The van der Waals surface area contributed by atoms with E-state index in [1.54, 1.807) is 11.3 Å². The molecule has 1 aromatic heterocycles. The summed E-state index contributed by atoms with van der Waals surface area (Å²) in [6.07, 6.45) is 1.88. The molecule has 108 valence electrons. The Kier molecular flexibility index (Phi) is 5.50. The quantitative estimate of drug-likeness (QED) is 0.845. The second-order valence-electron chi connectivity index (χ2n) is 6.01. The summed E-state index contributed by atoms with van der Waals surface area (Å²) in [6.45, 7) is 11.1. The highest BCUT2D eigenvalue weighted by Crippen LogP contribution is 2.26. The van der Waals surface area contributed by atoms with E-state index in [9.17, 15) is 4.79 Å². The predicted octanol–water partition coefficient (Wildman–Crippen LogP) is 2.73. The summed E-state index contributed by atoms with van der Waals surface area (Å²) >= 11 is 1.69. The van der Waals surface area contributed by atoms with Crippen LogP contribution in [0.4, 0.5) is 0 Å². The minimum atomic E-state index is -0.273. The van der Waals surface area contributed by atoms with E-state index >= 15 is 0 Å². The van der Waals surface area contributed by atoms with Crippen molar-refractivity contribution in [1.82, 2.24) is 10.3 Å². The van der Waals surface area contributed by atoms with Crippen molar-refractivity contribution in [3.63, 3.8) is 0 Å². The molecule has 0 aliphatic heterocycles. The Balaban J connectivity index is 2.65. The topological polar surface area (TPSA) is 51.2 Å². The number of nitrogens with one attached hydrogen (secondary N) is 1. The number of aromatic nitrogens is 1. The molecule has 1 rings (SSSR count). The Morgan fingerprint density at radius 2 is 2.11 bits per heavy atom. The van der Waals surface area contributed by atoms with Crippen LogP contribution in [0.1, 0.15) is 44.5 Å². The number of ether oxygens (including phenoxy) is 1. The highest BCUT2D eigenvalue weighted by atomic mass is 32.1.